The molecule has 2 aromatic rings. The average molecular weight is 367 g/mol. The minimum absolute atomic E-state index is 0.212. The Morgan fingerprint density at radius 2 is 1.67 bits per heavy atom. The van der Waals surface area contributed by atoms with E-state index in [1.54, 1.807) is 6.07 Å². The molecule has 1 aromatic heterocycles. The molecule has 1 N–H and O–H groups in total. The van der Waals surface area contributed by atoms with Gasteiger partial charge in [0.2, 0.25) is 5.95 Å². The van der Waals surface area contributed by atoms with Crippen LogP contribution in [0.1, 0.15) is 29.8 Å². The second-order valence-electron chi connectivity index (χ2n) is 6.88. The fraction of sp³-hybridized carbons (Fsp3) is 0.450. The molecule has 2 saturated heterocycles. The summed E-state index contributed by atoms with van der Waals surface area (Å²) in [6.45, 7) is 4.77. The molecular weight excluding hydrogens is 342 g/mol. The van der Waals surface area contributed by atoms with E-state index in [9.17, 15) is 4.79 Å². The van der Waals surface area contributed by atoms with Crippen molar-refractivity contribution in [2.75, 3.05) is 54.5 Å². The third kappa shape index (κ3) is 4.36. The average Bonchev–Trinajstić information content (AvgIpc) is 2.75. The van der Waals surface area contributed by atoms with E-state index in [4.69, 9.17) is 9.72 Å². The van der Waals surface area contributed by atoms with Gasteiger partial charge in [-0.15, -0.1) is 0 Å². The Morgan fingerprint density at radius 1 is 0.926 bits per heavy atom. The van der Waals surface area contributed by atoms with Gasteiger partial charge in [0.25, 0.3) is 5.91 Å². The zero-order valence-electron chi connectivity index (χ0n) is 15.4. The van der Waals surface area contributed by atoms with Crippen LogP contribution in [0, 0.1) is 0 Å². The van der Waals surface area contributed by atoms with E-state index in [1.165, 1.54) is 6.42 Å². The monoisotopic (exact) mass is 367 g/mol. The van der Waals surface area contributed by atoms with E-state index >= 15 is 0 Å². The number of rotatable bonds is 4. The number of morpholine rings is 1. The van der Waals surface area contributed by atoms with E-state index in [2.05, 4.69) is 20.1 Å². The number of carbonyl (C=O) groups excluding carboxylic acids is 1. The number of amides is 1. The largest absolute Gasteiger partial charge is 0.378 e. The van der Waals surface area contributed by atoms with Gasteiger partial charge in [0, 0.05) is 37.9 Å². The lowest BCUT2D eigenvalue weighted by atomic mass is 10.1. The molecule has 27 heavy (non-hydrogen) atoms. The lowest BCUT2D eigenvalue weighted by Gasteiger charge is -2.31. The van der Waals surface area contributed by atoms with Gasteiger partial charge in [-0.25, -0.2) is 4.98 Å². The zero-order chi connectivity index (χ0) is 18.5. The van der Waals surface area contributed by atoms with Crippen LogP contribution in [0.4, 0.5) is 17.5 Å². The Hall–Kier alpha value is -2.67. The number of aromatic nitrogens is 2. The van der Waals surface area contributed by atoms with Crippen molar-refractivity contribution in [1.82, 2.24) is 9.97 Å². The van der Waals surface area contributed by atoms with Gasteiger partial charge >= 0.3 is 0 Å². The minimum atomic E-state index is -0.212. The summed E-state index contributed by atoms with van der Waals surface area (Å²) >= 11 is 0. The van der Waals surface area contributed by atoms with Gasteiger partial charge in [-0.3, -0.25) is 4.79 Å². The van der Waals surface area contributed by atoms with Gasteiger partial charge in [-0.1, -0.05) is 18.2 Å². The molecule has 0 bridgehead atoms. The van der Waals surface area contributed by atoms with Gasteiger partial charge < -0.3 is 19.9 Å². The lowest BCUT2D eigenvalue weighted by molar-refractivity contribution is 0.102. The summed E-state index contributed by atoms with van der Waals surface area (Å²) in [6, 6.07) is 11.2. The van der Waals surface area contributed by atoms with Crippen LogP contribution in [0.5, 0.6) is 0 Å². The number of carbonyl (C=O) groups is 1. The minimum Gasteiger partial charge on any atom is -0.378 e. The first-order valence-electron chi connectivity index (χ1n) is 9.63. The SMILES string of the molecule is O=C(Nc1ccccc1)c1cc(N2CCOCC2)nc(N2CCCCC2)n1. The van der Waals surface area contributed by atoms with Gasteiger partial charge in [0.15, 0.2) is 0 Å². The number of nitrogens with one attached hydrogen (secondary N) is 1. The number of piperidine rings is 1. The summed E-state index contributed by atoms with van der Waals surface area (Å²) in [7, 11) is 0. The van der Waals surface area contributed by atoms with Crippen molar-refractivity contribution in [3.8, 4) is 0 Å². The number of ether oxygens (including phenoxy) is 1. The standard InChI is InChI=1S/C20H25N5O2/c26-19(21-16-7-3-1-4-8-16)17-15-18(24-11-13-27-14-12-24)23-20(22-17)25-9-5-2-6-10-25/h1,3-4,7-8,15H,2,5-6,9-14H2,(H,21,26). The van der Waals surface area contributed by atoms with Gasteiger partial charge in [0.05, 0.1) is 13.2 Å². The normalized spacial score (nSPS) is 17.6. The molecule has 2 fully saturated rings. The fourth-order valence-electron chi connectivity index (χ4n) is 3.44. The van der Waals surface area contributed by atoms with Crippen LogP contribution in [-0.4, -0.2) is 55.3 Å². The van der Waals surface area contributed by atoms with Crippen LogP contribution in [-0.2, 0) is 4.74 Å². The number of hydrogen-bond donors (Lipinski definition) is 1. The van der Waals surface area contributed by atoms with Gasteiger partial charge in [-0.05, 0) is 31.4 Å². The Balaban J connectivity index is 1.63. The van der Waals surface area contributed by atoms with E-state index in [1.807, 2.05) is 30.3 Å². The highest BCUT2D eigenvalue weighted by Crippen LogP contribution is 2.22. The fourth-order valence-corrected chi connectivity index (χ4v) is 3.44. The number of benzene rings is 1. The smallest absolute Gasteiger partial charge is 0.274 e. The molecule has 7 nitrogen and oxygen atoms in total. The maximum Gasteiger partial charge on any atom is 0.274 e. The third-order valence-corrected chi connectivity index (χ3v) is 4.94. The number of nitrogens with zero attached hydrogens (tertiary/aromatic N) is 4. The first-order chi connectivity index (χ1) is 13.3. The van der Waals surface area contributed by atoms with Crippen molar-refractivity contribution >= 4 is 23.4 Å². The van der Waals surface area contributed by atoms with E-state index in [-0.39, 0.29) is 5.91 Å². The van der Waals surface area contributed by atoms with E-state index in [0.717, 1.165) is 50.5 Å². The Kier molecular flexibility index (Phi) is 5.48. The predicted molar refractivity (Wildman–Crippen MR) is 106 cm³/mol. The molecule has 3 heterocycles. The van der Waals surface area contributed by atoms with Crippen LogP contribution in [0.15, 0.2) is 36.4 Å². The first kappa shape index (κ1) is 17.7. The Morgan fingerprint density at radius 3 is 2.41 bits per heavy atom. The molecule has 0 saturated carbocycles. The Bertz CT molecular complexity index is 735. The summed E-state index contributed by atoms with van der Waals surface area (Å²) < 4.78 is 5.45. The van der Waals surface area contributed by atoms with Gasteiger partial charge in [-0.2, -0.15) is 4.98 Å². The molecule has 1 aromatic carbocycles. The molecule has 142 valence electrons. The van der Waals surface area contributed by atoms with E-state index in [0.29, 0.717) is 24.9 Å². The van der Waals surface area contributed by atoms with Crippen LogP contribution in [0.3, 0.4) is 0 Å². The molecule has 2 aliphatic heterocycles. The summed E-state index contributed by atoms with van der Waals surface area (Å²) in [6.07, 6.45) is 3.51. The second kappa shape index (κ2) is 8.35. The van der Waals surface area contributed by atoms with Crippen molar-refractivity contribution in [2.45, 2.75) is 19.3 Å². The van der Waals surface area contributed by atoms with Crippen LogP contribution in [0.25, 0.3) is 0 Å². The zero-order valence-corrected chi connectivity index (χ0v) is 15.4. The maximum atomic E-state index is 12.8. The molecule has 4 rings (SSSR count). The first-order valence-corrected chi connectivity index (χ1v) is 9.63. The van der Waals surface area contributed by atoms with Crippen molar-refractivity contribution in [3.05, 3.63) is 42.1 Å². The molecule has 1 amide bonds. The van der Waals surface area contributed by atoms with Crippen molar-refractivity contribution in [3.63, 3.8) is 0 Å². The number of anilines is 3. The summed E-state index contributed by atoms with van der Waals surface area (Å²) in [5.41, 5.74) is 1.16. The lowest BCUT2D eigenvalue weighted by Crippen LogP contribution is -2.38. The highest BCUT2D eigenvalue weighted by molar-refractivity contribution is 6.03. The number of hydrogen-bond acceptors (Lipinski definition) is 6. The summed E-state index contributed by atoms with van der Waals surface area (Å²) in [5.74, 6) is 1.24. The van der Waals surface area contributed by atoms with Crippen molar-refractivity contribution < 1.29 is 9.53 Å². The quantitative estimate of drug-likeness (QED) is 0.896. The molecule has 7 heteroatoms. The third-order valence-electron chi connectivity index (χ3n) is 4.94. The molecule has 0 radical (unpaired) electrons. The van der Waals surface area contributed by atoms with Crippen LogP contribution in [0.2, 0.25) is 0 Å². The molecule has 0 atom stereocenters. The summed E-state index contributed by atoms with van der Waals surface area (Å²) in [4.78, 5) is 26.5. The highest BCUT2D eigenvalue weighted by Gasteiger charge is 2.21. The topological polar surface area (TPSA) is 70.6 Å². The molecule has 2 aliphatic rings. The highest BCUT2D eigenvalue weighted by atomic mass is 16.5. The van der Waals surface area contributed by atoms with Gasteiger partial charge in [0.1, 0.15) is 11.5 Å². The number of para-hydroxylation sites is 1. The molecule has 0 spiro atoms. The van der Waals surface area contributed by atoms with Crippen molar-refractivity contribution in [1.29, 1.82) is 0 Å². The molecule has 0 unspecified atom stereocenters. The van der Waals surface area contributed by atoms with E-state index < -0.39 is 0 Å². The molecule has 0 aliphatic carbocycles. The maximum absolute atomic E-state index is 12.8. The van der Waals surface area contributed by atoms with Crippen molar-refractivity contribution in [2.24, 2.45) is 0 Å². The Labute approximate surface area is 159 Å². The predicted octanol–water partition coefficient (Wildman–Crippen LogP) is 2.56. The molecular formula is C20H25N5O2. The van der Waals surface area contributed by atoms with Crippen LogP contribution >= 0.6 is 0 Å². The van der Waals surface area contributed by atoms with Crippen LogP contribution < -0.4 is 15.1 Å². The second-order valence-corrected chi connectivity index (χ2v) is 6.88. The summed E-state index contributed by atoms with van der Waals surface area (Å²) in [5, 5.41) is 2.93.